The molecule has 7 heteroatoms. The van der Waals surface area contributed by atoms with Gasteiger partial charge in [-0.05, 0) is 65.5 Å². The molecule has 140 valence electrons. The van der Waals surface area contributed by atoms with Gasteiger partial charge in [0.25, 0.3) is 10.1 Å². The molecule has 0 saturated heterocycles. The quantitative estimate of drug-likeness (QED) is 0.821. The normalized spacial score (nSPS) is 21.6. The number of carbonyl (C=O) groups excluding carboxylic acids is 1. The van der Waals surface area contributed by atoms with Gasteiger partial charge in [-0.25, -0.2) is 4.79 Å². The molecule has 1 aliphatic carbocycles. The van der Waals surface area contributed by atoms with E-state index < -0.39 is 21.8 Å². The van der Waals surface area contributed by atoms with Gasteiger partial charge in [0.05, 0.1) is 11.0 Å². The molecule has 1 aromatic rings. The molecule has 0 unspecified atom stereocenters. The largest absolute Gasteiger partial charge is 0.444 e. The smallest absolute Gasteiger partial charge is 0.407 e. The SMILES string of the molecule is Cc1ccc(S(=O)(=O)O[C@H]2CC[C@H](NC(=O)OC(C)(C)C)CC2)cc1. The molecule has 0 aliphatic heterocycles. The molecule has 1 saturated carbocycles. The molecule has 6 nitrogen and oxygen atoms in total. The van der Waals surface area contributed by atoms with Crippen LogP contribution < -0.4 is 5.32 Å². The summed E-state index contributed by atoms with van der Waals surface area (Å²) in [7, 11) is -3.75. The highest BCUT2D eigenvalue weighted by molar-refractivity contribution is 7.86. The van der Waals surface area contributed by atoms with E-state index >= 15 is 0 Å². The second kappa shape index (κ2) is 7.74. The summed E-state index contributed by atoms with van der Waals surface area (Å²) in [6, 6.07) is 6.59. The first-order valence-corrected chi connectivity index (χ1v) is 9.95. The first-order chi connectivity index (χ1) is 11.5. The van der Waals surface area contributed by atoms with Crippen LogP contribution in [-0.2, 0) is 19.0 Å². The molecule has 25 heavy (non-hydrogen) atoms. The maximum Gasteiger partial charge on any atom is 0.407 e. The summed E-state index contributed by atoms with van der Waals surface area (Å²) in [4.78, 5) is 12.0. The molecule has 0 atom stereocenters. The maximum atomic E-state index is 12.3. The third-order valence-electron chi connectivity index (χ3n) is 3.97. The molecule has 1 fully saturated rings. The van der Waals surface area contributed by atoms with Crippen molar-refractivity contribution >= 4 is 16.2 Å². The van der Waals surface area contributed by atoms with Gasteiger partial charge >= 0.3 is 6.09 Å². The zero-order chi connectivity index (χ0) is 18.7. The van der Waals surface area contributed by atoms with E-state index in [2.05, 4.69) is 5.32 Å². The van der Waals surface area contributed by atoms with Crippen molar-refractivity contribution in [2.45, 2.75) is 76.0 Å². The summed E-state index contributed by atoms with van der Waals surface area (Å²) < 4.78 is 35.2. The molecule has 1 aromatic carbocycles. The summed E-state index contributed by atoms with van der Waals surface area (Å²) in [5.41, 5.74) is 0.458. The van der Waals surface area contributed by atoms with Crippen LogP contribution in [0, 0.1) is 6.92 Å². The third kappa shape index (κ3) is 6.32. The fourth-order valence-electron chi connectivity index (χ4n) is 2.72. The van der Waals surface area contributed by atoms with Crippen molar-refractivity contribution in [3.8, 4) is 0 Å². The molecular weight excluding hydrogens is 342 g/mol. The van der Waals surface area contributed by atoms with E-state index in [4.69, 9.17) is 8.92 Å². The van der Waals surface area contributed by atoms with Crippen LogP contribution >= 0.6 is 0 Å². The van der Waals surface area contributed by atoms with Crippen LogP contribution in [0.2, 0.25) is 0 Å². The standard InChI is InChI=1S/C18H27NO5S/c1-13-5-11-16(12-6-13)25(21,22)24-15-9-7-14(8-10-15)19-17(20)23-18(2,3)4/h5-6,11-12,14-15H,7-10H2,1-4H3,(H,19,20)/t14-,15-. The Balaban J connectivity index is 1.84. The molecule has 0 radical (unpaired) electrons. The van der Waals surface area contributed by atoms with Gasteiger partial charge in [-0.15, -0.1) is 0 Å². The number of rotatable bonds is 4. The molecule has 1 N–H and O–H groups in total. The number of alkyl carbamates (subject to hydrolysis) is 1. The van der Waals surface area contributed by atoms with Gasteiger partial charge in [0.1, 0.15) is 5.60 Å². The number of nitrogens with one attached hydrogen (secondary N) is 1. The molecule has 0 spiro atoms. The summed E-state index contributed by atoms with van der Waals surface area (Å²) in [6.07, 6.45) is 1.67. The Morgan fingerprint density at radius 1 is 1.08 bits per heavy atom. The lowest BCUT2D eigenvalue weighted by molar-refractivity contribution is 0.0472. The van der Waals surface area contributed by atoms with Gasteiger partial charge in [-0.3, -0.25) is 4.18 Å². The minimum atomic E-state index is -3.75. The van der Waals surface area contributed by atoms with Crippen molar-refractivity contribution < 1.29 is 22.1 Å². The number of amides is 1. The predicted molar refractivity (Wildman–Crippen MR) is 94.9 cm³/mol. The third-order valence-corrected chi connectivity index (χ3v) is 5.34. The maximum absolute atomic E-state index is 12.3. The fourth-order valence-corrected chi connectivity index (χ4v) is 3.85. The molecule has 1 amide bonds. The Kier molecular flexibility index (Phi) is 6.11. The van der Waals surface area contributed by atoms with Crippen molar-refractivity contribution in [2.24, 2.45) is 0 Å². The van der Waals surface area contributed by atoms with E-state index in [0.29, 0.717) is 25.7 Å². The minimum absolute atomic E-state index is 0.0169. The number of hydrogen-bond donors (Lipinski definition) is 1. The van der Waals surface area contributed by atoms with E-state index in [1.165, 1.54) is 0 Å². The molecule has 2 rings (SSSR count). The fraction of sp³-hybridized carbons (Fsp3) is 0.611. The lowest BCUT2D eigenvalue weighted by Gasteiger charge is -2.29. The van der Waals surface area contributed by atoms with Crippen molar-refractivity contribution in [3.63, 3.8) is 0 Å². The number of ether oxygens (including phenoxy) is 1. The van der Waals surface area contributed by atoms with Gasteiger partial charge in [-0.2, -0.15) is 8.42 Å². The van der Waals surface area contributed by atoms with E-state index in [1.54, 1.807) is 24.3 Å². The predicted octanol–water partition coefficient (Wildman–Crippen LogP) is 3.54. The van der Waals surface area contributed by atoms with E-state index in [-0.39, 0.29) is 17.0 Å². The topological polar surface area (TPSA) is 81.7 Å². The second-order valence-electron chi connectivity index (χ2n) is 7.48. The van der Waals surface area contributed by atoms with Gasteiger partial charge in [0, 0.05) is 6.04 Å². The highest BCUT2D eigenvalue weighted by atomic mass is 32.2. The van der Waals surface area contributed by atoms with Crippen LogP contribution in [0.25, 0.3) is 0 Å². The minimum Gasteiger partial charge on any atom is -0.444 e. The Bertz CT molecular complexity index is 683. The van der Waals surface area contributed by atoms with Crippen molar-refractivity contribution in [1.29, 1.82) is 0 Å². The molecule has 0 bridgehead atoms. The van der Waals surface area contributed by atoms with Crippen molar-refractivity contribution in [1.82, 2.24) is 5.32 Å². The first-order valence-electron chi connectivity index (χ1n) is 8.55. The number of carbonyl (C=O) groups is 1. The Morgan fingerprint density at radius 2 is 1.64 bits per heavy atom. The van der Waals surface area contributed by atoms with Crippen molar-refractivity contribution in [3.05, 3.63) is 29.8 Å². The van der Waals surface area contributed by atoms with Crippen LogP contribution in [0.4, 0.5) is 4.79 Å². The Morgan fingerprint density at radius 3 is 2.16 bits per heavy atom. The van der Waals surface area contributed by atoms with Crippen LogP contribution in [0.3, 0.4) is 0 Å². The number of hydrogen-bond acceptors (Lipinski definition) is 5. The van der Waals surface area contributed by atoms with Crippen LogP contribution in [0.15, 0.2) is 29.2 Å². The van der Waals surface area contributed by atoms with Crippen molar-refractivity contribution in [2.75, 3.05) is 0 Å². The molecule has 0 aromatic heterocycles. The van der Waals surface area contributed by atoms with Crippen LogP contribution in [0.1, 0.15) is 52.0 Å². The highest BCUT2D eigenvalue weighted by Gasteiger charge is 2.28. The second-order valence-corrected chi connectivity index (χ2v) is 9.06. The average molecular weight is 369 g/mol. The summed E-state index contributed by atoms with van der Waals surface area (Å²) in [5.74, 6) is 0. The average Bonchev–Trinajstić information content (AvgIpc) is 2.47. The number of aryl methyl sites for hydroxylation is 1. The highest BCUT2D eigenvalue weighted by Crippen LogP contribution is 2.25. The van der Waals surface area contributed by atoms with Crippen LogP contribution in [-0.4, -0.2) is 32.3 Å². The Hall–Kier alpha value is -1.60. The summed E-state index contributed by atoms with van der Waals surface area (Å²) in [5, 5.41) is 2.83. The zero-order valence-corrected chi connectivity index (χ0v) is 16.1. The van der Waals surface area contributed by atoms with Crippen LogP contribution in [0.5, 0.6) is 0 Å². The van der Waals surface area contributed by atoms with Gasteiger partial charge in [0.2, 0.25) is 0 Å². The van der Waals surface area contributed by atoms with E-state index in [1.807, 2.05) is 27.7 Å². The van der Waals surface area contributed by atoms with Gasteiger partial charge in [0.15, 0.2) is 0 Å². The lowest BCUT2D eigenvalue weighted by Crippen LogP contribution is -2.42. The van der Waals surface area contributed by atoms with E-state index in [9.17, 15) is 13.2 Å². The Labute approximate surface area is 150 Å². The summed E-state index contributed by atoms with van der Waals surface area (Å²) >= 11 is 0. The molecule has 1 aliphatic rings. The van der Waals surface area contributed by atoms with Gasteiger partial charge in [-0.1, -0.05) is 17.7 Å². The first kappa shape index (κ1) is 19.7. The summed E-state index contributed by atoms with van der Waals surface area (Å²) in [6.45, 7) is 7.34. The molecular formula is C18H27NO5S. The zero-order valence-electron chi connectivity index (χ0n) is 15.2. The number of benzene rings is 1. The molecule has 0 heterocycles. The lowest BCUT2D eigenvalue weighted by atomic mass is 9.93. The van der Waals surface area contributed by atoms with Gasteiger partial charge < -0.3 is 10.1 Å². The monoisotopic (exact) mass is 369 g/mol. The van der Waals surface area contributed by atoms with E-state index in [0.717, 1.165) is 5.56 Å².